The first kappa shape index (κ1) is 19.9. The zero-order chi connectivity index (χ0) is 19.2. The number of aromatic nitrogens is 1. The highest BCUT2D eigenvalue weighted by atomic mass is 127. The highest BCUT2D eigenvalue weighted by Gasteiger charge is 2.28. The Morgan fingerprint density at radius 3 is 2.61 bits per heavy atom. The van der Waals surface area contributed by atoms with E-state index < -0.39 is 0 Å². The van der Waals surface area contributed by atoms with Gasteiger partial charge in [-0.1, -0.05) is 95.0 Å². The fourth-order valence-corrected chi connectivity index (χ4v) is 5.18. The van der Waals surface area contributed by atoms with Crippen molar-refractivity contribution in [3.63, 3.8) is 0 Å². The van der Waals surface area contributed by atoms with Gasteiger partial charge in [0.15, 0.2) is 0 Å². The molecule has 2 heterocycles. The summed E-state index contributed by atoms with van der Waals surface area (Å²) in [7, 11) is 0. The molecule has 1 saturated heterocycles. The van der Waals surface area contributed by atoms with Crippen LogP contribution in [0.2, 0.25) is 0 Å². The van der Waals surface area contributed by atoms with Crippen LogP contribution in [0.25, 0.3) is 11.1 Å². The van der Waals surface area contributed by atoms with E-state index in [1.807, 2.05) is 12.3 Å². The summed E-state index contributed by atoms with van der Waals surface area (Å²) in [6, 6.07) is 23.6. The maximum atomic E-state index is 6.13. The van der Waals surface area contributed by atoms with Crippen molar-refractivity contribution in [2.24, 2.45) is 0 Å². The van der Waals surface area contributed by atoms with E-state index in [2.05, 4.69) is 88.6 Å². The van der Waals surface area contributed by atoms with Crippen molar-refractivity contribution >= 4 is 34.4 Å². The van der Waals surface area contributed by atoms with Gasteiger partial charge in [-0.15, -0.1) is 0 Å². The minimum absolute atomic E-state index is 0.123. The van der Waals surface area contributed by atoms with Crippen LogP contribution in [0.15, 0.2) is 78.0 Å². The monoisotopic (exact) mass is 502 g/mol. The van der Waals surface area contributed by atoms with Gasteiger partial charge in [0.2, 0.25) is 0 Å². The molecule has 3 aromatic rings. The molecule has 2 atom stereocenters. The highest BCUT2D eigenvalue weighted by Crippen LogP contribution is 2.42. The summed E-state index contributed by atoms with van der Waals surface area (Å²) < 4.78 is 7.15. The van der Waals surface area contributed by atoms with Crippen LogP contribution in [0, 0.1) is 0 Å². The van der Waals surface area contributed by atoms with Gasteiger partial charge in [-0.3, -0.25) is 0 Å². The van der Waals surface area contributed by atoms with Crippen molar-refractivity contribution < 1.29 is 4.74 Å². The molecule has 4 rings (SSSR count). The zero-order valence-electron chi connectivity index (χ0n) is 15.6. The molecule has 2 aromatic carbocycles. The van der Waals surface area contributed by atoms with Crippen molar-refractivity contribution in [2.45, 2.75) is 20.8 Å². The van der Waals surface area contributed by atoms with Gasteiger partial charge in [0.05, 0.1) is 18.0 Å². The Morgan fingerprint density at radius 2 is 1.89 bits per heavy atom. The van der Waals surface area contributed by atoms with Crippen molar-refractivity contribution in [3.05, 3.63) is 84.1 Å². The summed E-state index contributed by atoms with van der Waals surface area (Å²) in [6.07, 6.45) is 2.00. The van der Waals surface area contributed by atoms with Crippen LogP contribution in [-0.2, 0) is 9.16 Å². The molecule has 0 amide bonds. The molecule has 0 radical (unpaired) electrons. The molecule has 0 saturated carbocycles. The number of rotatable bonds is 6. The number of hydrogen-bond acceptors (Lipinski definition) is 4. The number of thioether (sulfide) groups is 1. The van der Waals surface area contributed by atoms with Crippen LogP contribution in [0.3, 0.4) is 0 Å². The number of halogens is 1. The largest absolute Gasteiger partial charge is 0.374 e. The second-order valence-corrected chi connectivity index (χ2v) is 8.64. The topological polar surface area (TPSA) is 34.2 Å². The van der Waals surface area contributed by atoms with Gasteiger partial charge < -0.3 is 10.1 Å². The number of pyridine rings is 1. The second kappa shape index (κ2) is 9.87. The molecule has 144 valence electrons. The van der Waals surface area contributed by atoms with Crippen molar-refractivity contribution in [3.8, 4) is 11.1 Å². The molecule has 3 nitrogen and oxygen atoms in total. The normalized spacial score (nSPS) is 18.0. The van der Waals surface area contributed by atoms with E-state index in [0.29, 0.717) is 0 Å². The first-order valence-corrected chi connectivity index (χ1v) is 11.9. The van der Waals surface area contributed by atoms with Gasteiger partial charge in [-0.2, -0.15) is 0 Å². The van der Waals surface area contributed by atoms with Crippen LogP contribution in [0.4, 0.5) is 0 Å². The Kier molecular flexibility index (Phi) is 7.01. The Morgan fingerprint density at radius 1 is 1.07 bits per heavy atom. The smallest absolute Gasteiger partial charge is 0.104 e. The van der Waals surface area contributed by atoms with Gasteiger partial charge in [0.1, 0.15) is 5.03 Å². The maximum absolute atomic E-state index is 6.13. The van der Waals surface area contributed by atoms with Gasteiger partial charge >= 0.3 is 0 Å². The third-order valence-electron chi connectivity index (χ3n) is 4.85. The van der Waals surface area contributed by atoms with E-state index >= 15 is 0 Å². The lowest BCUT2D eigenvalue weighted by atomic mass is 10.1. The fourth-order valence-electron chi connectivity index (χ4n) is 3.38. The van der Waals surface area contributed by atoms with Crippen LogP contribution in [0.1, 0.15) is 16.4 Å². The molecule has 1 aliphatic rings. The number of hydrogen-bond donors (Lipinski definition) is 1. The summed E-state index contributed by atoms with van der Waals surface area (Å²) >= 11 is 4.20. The molecule has 5 heteroatoms. The lowest BCUT2D eigenvalue weighted by molar-refractivity contribution is 0.0273. The van der Waals surface area contributed by atoms with E-state index in [1.54, 1.807) is 11.8 Å². The Hall–Kier alpha value is -1.41. The zero-order valence-corrected chi connectivity index (χ0v) is 18.5. The maximum Gasteiger partial charge on any atom is 0.104 e. The van der Waals surface area contributed by atoms with Crippen LogP contribution in [-0.4, -0.2) is 30.8 Å². The summed E-state index contributed by atoms with van der Waals surface area (Å²) in [6.45, 7) is 2.53. The van der Waals surface area contributed by atoms with Gasteiger partial charge in [-0.25, -0.2) is 4.98 Å². The van der Waals surface area contributed by atoms with Crippen LogP contribution >= 0.6 is 34.4 Å². The van der Waals surface area contributed by atoms with E-state index in [9.17, 15) is 0 Å². The van der Waals surface area contributed by atoms with E-state index in [0.717, 1.165) is 29.1 Å². The average molecular weight is 502 g/mol. The lowest BCUT2D eigenvalue weighted by Gasteiger charge is -2.31. The molecule has 1 N–H and O–H groups in total. The molecule has 0 spiro atoms. The number of morpholine rings is 1. The van der Waals surface area contributed by atoms with Crippen molar-refractivity contribution in [2.75, 3.05) is 19.7 Å². The third-order valence-corrected chi connectivity index (χ3v) is 7.11. The van der Waals surface area contributed by atoms with E-state index in [1.165, 1.54) is 22.3 Å². The summed E-state index contributed by atoms with van der Waals surface area (Å²) in [5.74, 6) is 0. The number of nitrogens with zero attached hydrogens (tertiary/aromatic N) is 1. The quantitative estimate of drug-likeness (QED) is 0.274. The molecule has 28 heavy (non-hydrogen) atoms. The van der Waals surface area contributed by atoms with Gasteiger partial charge in [0, 0.05) is 29.3 Å². The fraction of sp³-hybridized carbons (Fsp3) is 0.261. The molecular formula is C23H23IN2OS. The average Bonchev–Trinajstić information content (AvgIpc) is 2.79. The third kappa shape index (κ3) is 4.76. The standard InChI is InChI=1S/C23H23IN2OS/c24-15-17-8-10-18(11-9-17)20-7-4-12-26-23(20)28-22(19-5-2-1-3-6-19)21-16-25-13-14-27-21/h1-12,21-22,25H,13-16H2/t21-,22-/m0/s1. The first-order chi connectivity index (χ1) is 13.8. The predicted molar refractivity (Wildman–Crippen MR) is 125 cm³/mol. The lowest BCUT2D eigenvalue weighted by Crippen LogP contribution is -2.41. The summed E-state index contributed by atoms with van der Waals surface area (Å²) in [5.41, 5.74) is 5.00. The van der Waals surface area contributed by atoms with Gasteiger partial charge in [0.25, 0.3) is 0 Å². The molecule has 1 aliphatic heterocycles. The highest BCUT2D eigenvalue weighted by molar-refractivity contribution is 14.1. The van der Waals surface area contributed by atoms with Gasteiger partial charge in [-0.05, 0) is 22.8 Å². The number of alkyl halides is 1. The van der Waals surface area contributed by atoms with Crippen LogP contribution < -0.4 is 5.32 Å². The second-order valence-electron chi connectivity index (χ2n) is 6.75. The Balaban J connectivity index is 1.66. The predicted octanol–water partition coefficient (Wildman–Crippen LogP) is 5.51. The molecule has 0 unspecified atom stereocenters. The van der Waals surface area contributed by atoms with Crippen molar-refractivity contribution in [1.82, 2.24) is 10.3 Å². The molecule has 0 bridgehead atoms. The van der Waals surface area contributed by atoms with E-state index in [-0.39, 0.29) is 11.4 Å². The SMILES string of the molecule is ICc1ccc(-c2cccnc2S[C@@H](c2ccccc2)[C@@H]2CNCCO2)cc1. The number of benzene rings is 2. The number of nitrogens with one attached hydrogen (secondary N) is 1. The minimum Gasteiger partial charge on any atom is -0.374 e. The van der Waals surface area contributed by atoms with E-state index in [4.69, 9.17) is 9.72 Å². The Labute approximate surface area is 184 Å². The first-order valence-electron chi connectivity index (χ1n) is 9.49. The molecule has 1 aromatic heterocycles. The molecule has 1 fully saturated rings. The minimum atomic E-state index is 0.123. The summed E-state index contributed by atoms with van der Waals surface area (Å²) in [4.78, 5) is 4.74. The van der Waals surface area contributed by atoms with Crippen LogP contribution in [0.5, 0.6) is 0 Å². The number of ether oxygens (including phenoxy) is 1. The Bertz CT molecular complexity index is 883. The molecular weight excluding hydrogens is 479 g/mol. The summed E-state index contributed by atoms with van der Waals surface area (Å²) in [5, 5.41) is 4.71. The van der Waals surface area contributed by atoms with Crippen molar-refractivity contribution in [1.29, 1.82) is 0 Å². The molecule has 0 aliphatic carbocycles.